The number of benzene rings is 1. The van der Waals surface area contributed by atoms with E-state index in [9.17, 15) is 4.79 Å². The summed E-state index contributed by atoms with van der Waals surface area (Å²) in [5.74, 6) is 0.454. The maximum atomic E-state index is 11.2. The highest BCUT2D eigenvalue weighted by Crippen LogP contribution is 2.21. The zero-order valence-corrected chi connectivity index (χ0v) is 8.52. The Kier molecular flexibility index (Phi) is 2.33. The lowest BCUT2D eigenvalue weighted by atomic mass is 10.2. The molecule has 0 atom stereocenters. The smallest absolute Gasteiger partial charge is 0.224 e. The zero-order chi connectivity index (χ0) is 10.8. The summed E-state index contributed by atoms with van der Waals surface area (Å²) < 4.78 is 5.11. The van der Waals surface area contributed by atoms with Crippen LogP contribution in [0.4, 0.5) is 0 Å². The molecular formula is C11H10N2O2. The first-order valence-corrected chi connectivity index (χ1v) is 4.54. The van der Waals surface area contributed by atoms with Gasteiger partial charge in [0.15, 0.2) is 11.6 Å². The summed E-state index contributed by atoms with van der Waals surface area (Å²) in [6.07, 6.45) is 0. The Hall–Kier alpha value is -1.97. The molecule has 0 saturated heterocycles. The van der Waals surface area contributed by atoms with Crippen LogP contribution in [0.3, 0.4) is 0 Å². The minimum Gasteiger partial charge on any atom is -0.480 e. The molecule has 1 aromatic heterocycles. The molecule has 2 aromatic rings. The monoisotopic (exact) mass is 202 g/mol. The van der Waals surface area contributed by atoms with Gasteiger partial charge in [-0.3, -0.25) is 4.79 Å². The van der Waals surface area contributed by atoms with E-state index in [4.69, 9.17) is 4.74 Å². The third kappa shape index (κ3) is 1.66. The van der Waals surface area contributed by atoms with E-state index in [1.165, 1.54) is 14.0 Å². The van der Waals surface area contributed by atoms with Crippen LogP contribution in [0.5, 0.6) is 5.88 Å². The van der Waals surface area contributed by atoms with E-state index in [0.717, 1.165) is 10.9 Å². The first-order valence-electron chi connectivity index (χ1n) is 4.54. The van der Waals surface area contributed by atoms with Crippen molar-refractivity contribution in [1.29, 1.82) is 0 Å². The van der Waals surface area contributed by atoms with Gasteiger partial charge in [-0.2, -0.15) is 4.98 Å². The molecule has 0 aliphatic carbocycles. The standard InChI is InChI=1S/C11H10N2O2/c1-7(14)10-12-9-6-4-3-5-8(9)11(13-10)15-2/h3-6H,1-2H3. The van der Waals surface area contributed by atoms with Crippen LogP contribution in [0, 0.1) is 0 Å². The third-order valence-electron chi connectivity index (χ3n) is 2.08. The lowest BCUT2D eigenvalue weighted by molar-refractivity contribution is 0.100. The minimum absolute atomic E-state index is 0.168. The summed E-state index contributed by atoms with van der Waals surface area (Å²) in [5, 5.41) is 0.810. The van der Waals surface area contributed by atoms with Crippen LogP contribution in [0.15, 0.2) is 24.3 Å². The first-order chi connectivity index (χ1) is 7.22. The Labute approximate surface area is 86.9 Å². The van der Waals surface area contributed by atoms with Gasteiger partial charge in [0.2, 0.25) is 5.88 Å². The number of aromatic nitrogens is 2. The number of hydrogen-bond donors (Lipinski definition) is 0. The van der Waals surface area contributed by atoms with E-state index < -0.39 is 0 Å². The number of para-hydroxylation sites is 1. The number of rotatable bonds is 2. The van der Waals surface area contributed by atoms with E-state index in [0.29, 0.717) is 5.88 Å². The molecule has 15 heavy (non-hydrogen) atoms. The van der Waals surface area contributed by atoms with Crippen LogP contribution in [0.25, 0.3) is 10.9 Å². The molecular weight excluding hydrogens is 192 g/mol. The summed E-state index contributed by atoms with van der Waals surface area (Å²) in [7, 11) is 1.53. The van der Waals surface area contributed by atoms with Crippen molar-refractivity contribution in [3.63, 3.8) is 0 Å². The van der Waals surface area contributed by atoms with Crippen molar-refractivity contribution in [2.24, 2.45) is 0 Å². The Morgan fingerprint density at radius 1 is 1.27 bits per heavy atom. The van der Waals surface area contributed by atoms with E-state index in [1.54, 1.807) is 0 Å². The second-order valence-electron chi connectivity index (χ2n) is 3.13. The maximum absolute atomic E-state index is 11.2. The third-order valence-corrected chi connectivity index (χ3v) is 2.08. The highest BCUT2D eigenvalue weighted by Gasteiger charge is 2.09. The number of ether oxygens (including phenoxy) is 1. The lowest BCUT2D eigenvalue weighted by Gasteiger charge is -2.04. The highest BCUT2D eigenvalue weighted by molar-refractivity contribution is 5.94. The van der Waals surface area contributed by atoms with Crippen LogP contribution in [-0.4, -0.2) is 22.9 Å². The fourth-order valence-electron chi connectivity index (χ4n) is 1.36. The van der Waals surface area contributed by atoms with Crippen molar-refractivity contribution in [2.75, 3.05) is 7.11 Å². The molecule has 0 amide bonds. The summed E-state index contributed by atoms with van der Waals surface area (Å²) in [4.78, 5) is 19.4. The van der Waals surface area contributed by atoms with Gasteiger partial charge in [-0.25, -0.2) is 4.98 Å². The quantitative estimate of drug-likeness (QED) is 0.697. The number of carbonyl (C=O) groups excluding carboxylic acids is 1. The highest BCUT2D eigenvalue weighted by atomic mass is 16.5. The van der Waals surface area contributed by atoms with Crippen LogP contribution in [0.1, 0.15) is 17.5 Å². The minimum atomic E-state index is -0.168. The molecule has 0 bridgehead atoms. The fraction of sp³-hybridized carbons (Fsp3) is 0.182. The Morgan fingerprint density at radius 3 is 2.67 bits per heavy atom. The van der Waals surface area contributed by atoms with Crippen LogP contribution in [-0.2, 0) is 0 Å². The maximum Gasteiger partial charge on any atom is 0.224 e. The van der Waals surface area contributed by atoms with Crippen molar-refractivity contribution in [1.82, 2.24) is 9.97 Å². The van der Waals surface area contributed by atoms with Gasteiger partial charge in [0.1, 0.15) is 0 Å². The Bertz CT molecular complexity index is 523. The molecule has 0 saturated carbocycles. The second-order valence-corrected chi connectivity index (χ2v) is 3.13. The molecule has 0 aliphatic rings. The molecule has 4 heteroatoms. The molecule has 1 heterocycles. The molecule has 0 fully saturated rings. The number of hydrogen-bond acceptors (Lipinski definition) is 4. The van der Waals surface area contributed by atoms with E-state index in [2.05, 4.69) is 9.97 Å². The van der Waals surface area contributed by atoms with E-state index in [1.807, 2.05) is 24.3 Å². The van der Waals surface area contributed by atoms with Crippen molar-refractivity contribution in [3.05, 3.63) is 30.1 Å². The lowest BCUT2D eigenvalue weighted by Crippen LogP contribution is -2.03. The van der Waals surface area contributed by atoms with Crippen molar-refractivity contribution in [3.8, 4) is 5.88 Å². The van der Waals surface area contributed by atoms with Crippen molar-refractivity contribution < 1.29 is 9.53 Å². The van der Waals surface area contributed by atoms with Gasteiger partial charge in [-0.1, -0.05) is 12.1 Å². The molecule has 1 aromatic carbocycles. The molecule has 0 N–H and O–H groups in total. The van der Waals surface area contributed by atoms with Gasteiger partial charge in [0.25, 0.3) is 0 Å². The van der Waals surface area contributed by atoms with Gasteiger partial charge >= 0.3 is 0 Å². The van der Waals surface area contributed by atoms with Gasteiger partial charge in [0.05, 0.1) is 18.0 Å². The SMILES string of the molecule is COc1nc(C(C)=O)nc2ccccc12. The molecule has 76 valence electrons. The number of nitrogens with zero attached hydrogens (tertiary/aromatic N) is 2. The largest absolute Gasteiger partial charge is 0.480 e. The Morgan fingerprint density at radius 2 is 2.00 bits per heavy atom. The number of carbonyl (C=O) groups is 1. The topological polar surface area (TPSA) is 52.1 Å². The van der Waals surface area contributed by atoms with E-state index >= 15 is 0 Å². The van der Waals surface area contributed by atoms with Crippen molar-refractivity contribution in [2.45, 2.75) is 6.92 Å². The predicted octanol–water partition coefficient (Wildman–Crippen LogP) is 1.84. The summed E-state index contributed by atoms with van der Waals surface area (Å²) >= 11 is 0. The molecule has 0 radical (unpaired) electrons. The van der Waals surface area contributed by atoms with Gasteiger partial charge in [-0.05, 0) is 12.1 Å². The van der Waals surface area contributed by atoms with Crippen LogP contribution in [0.2, 0.25) is 0 Å². The first kappa shape index (κ1) is 9.58. The molecule has 2 rings (SSSR count). The Balaban J connectivity index is 2.77. The number of fused-ring (bicyclic) bond motifs is 1. The second kappa shape index (κ2) is 3.65. The molecule has 4 nitrogen and oxygen atoms in total. The van der Waals surface area contributed by atoms with Gasteiger partial charge in [0, 0.05) is 6.92 Å². The number of ketones is 1. The number of Topliss-reactive ketones (excluding diaryl/α,β-unsaturated/α-hetero) is 1. The molecule has 0 aliphatic heterocycles. The zero-order valence-electron chi connectivity index (χ0n) is 8.52. The van der Waals surface area contributed by atoms with Crippen LogP contribution < -0.4 is 4.74 Å². The van der Waals surface area contributed by atoms with Crippen LogP contribution >= 0.6 is 0 Å². The molecule has 0 unspecified atom stereocenters. The number of methoxy groups -OCH3 is 1. The fourth-order valence-corrected chi connectivity index (χ4v) is 1.36. The van der Waals surface area contributed by atoms with Crippen molar-refractivity contribution >= 4 is 16.7 Å². The average molecular weight is 202 g/mol. The summed E-state index contributed by atoms with van der Waals surface area (Å²) in [5.41, 5.74) is 0.717. The average Bonchev–Trinajstić information content (AvgIpc) is 2.27. The van der Waals surface area contributed by atoms with Gasteiger partial charge in [-0.15, -0.1) is 0 Å². The van der Waals surface area contributed by atoms with Gasteiger partial charge < -0.3 is 4.74 Å². The normalized spacial score (nSPS) is 10.3. The summed E-state index contributed by atoms with van der Waals surface area (Å²) in [6, 6.07) is 7.42. The van der Waals surface area contributed by atoms with E-state index in [-0.39, 0.29) is 11.6 Å². The summed E-state index contributed by atoms with van der Waals surface area (Å²) in [6.45, 7) is 1.43. The molecule has 0 spiro atoms. The predicted molar refractivity (Wildman–Crippen MR) is 56.1 cm³/mol.